The summed E-state index contributed by atoms with van der Waals surface area (Å²) in [6, 6.07) is 2.95. The van der Waals surface area contributed by atoms with E-state index in [1.165, 1.54) is 55.9 Å². The van der Waals surface area contributed by atoms with Crippen LogP contribution in [0.1, 0.15) is 41.1 Å². The predicted molar refractivity (Wildman–Crippen MR) is 91.1 cm³/mol. The van der Waals surface area contributed by atoms with E-state index in [2.05, 4.69) is 22.9 Å². The average Bonchev–Trinajstić information content (AvgIpc) is 2.90. The molecule has 1 saturated heterocycles. The van der Waals surface area contributed by atoms with Crippen LogP contribution in [0.5, 0.6) is 0 Å². The lowest BCUT2D eigenvalue weighted by Gasteiger charge is -2.39. The van der Waals surface area contributed by atoms with Crippen molar-refractivity contribution in [3.8, 4) is 0 Å². The van der Waals surface area contributed by atoms with E-state index in [0.29, 0.717) is 6.04 Å². The number of hydrogen-bond acceptors (Lipinski definition) is 4. The first-order valence-corrected chi connectivity index (χ1v) is 9.19. The molecule has 0 saturated carbocycles. The van der Waals surface area contributed by atoms with Crippen molar-refractivity contribution in [2.24, 2.45) is 11.7 Å². The fraction of sp³-hybridized carbons (Fsp3) is 0.706. The van der Waals surface area contributed by atoms with E-state index in [1.807, 2.05) is 18.3 Å². The summed E-state index contributed by atoms with van der Waals surface area (Å²) in [5.41, 5.74) is 6.95. The van der Waals surface area contributed by atoms with Gasteiger partial charge in [-0.3, -0.25) is 9.69 Å². The second kappa shape index (κ2) is 6.69. The number of thiophene rings is 1. The van der Waals surface area contributed by atoms with Gasteiger partial charge in [0, 0.05) is 47.9 Å². The molecule has 0 radical (unpaired) electrons. The predicted octanol–water partition coefficient (Wildman–Crippen LogP) is 2.04. The van der Waals surface area contributed by atoms with Crippen LogP contribution in [0, 0.1) is 5.92 Å². The Morgan fingerprint density at radius 1 is 1.41 bits per heavy atom. The van der Waals surface area contributed by atoms with Crippen molar-refractivity contribution in [3.63, 3.8) is 0 Å². The molecule has 1 aromatic heterocycles. The summed E-state index contributed by atoms with van der Waals surface area (Å²) in [4.78, 5) is 19.2. The highest BCUT2D eigenvalue weighted by Gasteiger charge is 2.29. The van der Waals surface area contributed by atoms with E-state index in [-0.39, 0.29) is 11.8 Å². The summed E-state index contributed by atoms with van der Waals surface area (Å²) in [6.45, 7) is 6.61. The number of nitrogens with zero attached hydrogens (tertiary/aromatic N) is 2. The van der Waals surface area contributed by atoms with Crippen LogP contribution in [0.3, 0.4) is 0 Å². The normalized spacial score (nSPS) is 24.9. The maximum absolute atomic E-state index is 11.3. The molecule has 2 unspecified atom stereocenters. The van der Waals surface area contributed by atoms with Crippen molar-refractivity contribution in [3.05, 3.63) is 21.4 Å². The number of carbonyl (C=O) groups excluding carboxylic acids is 1. The largest absolute Gasteiger partial charge is 0.369 e. The van der Waals surface area contributed by atoms with Gasteiger partial charge in [0.2, 0.25) is 5.91 Å². The Balaban J connectivity index is 1.75. The third-order valence-corrected chi connectivity index (χ3v) is 6.34. The fourth-order valence-corrected chi connectivity index (χ4v) is 5.00. The number of carbonyl (C=O) groups is 1. The summed E-state index contributed by atoms with van der Waals surface area (Å²) < 4.78 is 0. The topological polar surface area (TPSA) is 49.6 Å². The Hall–Kier alpha value is -0.910. The maximum Gasteiger partial charge on any atom is 0.220 e. The minimum absolute atomic E-state index is 0.0674. The Labute approximate surface area is 137 Å². The Morgan fingerprint density at radius 3 is 2.82 bits per heavy atom. The van der Waals surface area contributed by atoms with Crippen LogP contribution >= 0.6 is 11.3 Å². The fourth-order valence-electron chi connectivity index (χ4n) is 3.61. The molecule has 0 aromatic carbocycles. The zero-order valence-electron chi connectivity index (χ0n) is 13.7. The molecule has 3 rings (SSSR count). The number of nitrogens with two attached hydrogens (primary N) is 1. The van der Waals surface area contributed by atoms with Crippen LogP contribution in [-0.2, 0) is 17.6 Å². The molecule has 5 heteroatoms. The molecule has 122 valence electrons. The molecule has 0 spiro atoms. The van der Waals surface area contributed by atoms with Crippen molar-refractivity contribution >= 4 is 17.2 Å². The molecule has 22 heavy (non-hydrogen) atoms. The number of fused-ring (bicyclic) bond motifs is 1. The summed E-state index contributed by atoms with van der Waals surface area (Å²) in [6.07, 6.45) is 4.56. The van der Waals surface area contributed by atoms with Crippen LogP contribution in [0.15, 0.2) is 6.07 Å². The van der Waals surface area contributed by atoms with Gasteiger partial charge in [0.15, 0.2) is 0 Å². The number of amides is 1. The molecule has 1 amide bonds. The van der Waals surface area contributed by atoms with Crippen LogP contribution in [0.4, 0.5) is 0 Å². The molecule has 1 aromatic rings. The van der Waals surface area contributed by atoms with E-state index >= 15 is 0 Å². The molecule has 1 fully saturated rings. The number of rotatable bonds is 4. The van der Waals surface area contributed by atoms with E-state index < -0.39 is 0 Å². The molecule has 0 bridgehead atoms. The zero-order chi connectivity index (χ0) is 15.7. The second-order valence-corrected chi connectivity index (χ2v) is 8.07. The molecular weight excluding hydrogens is 294 g/mol. The zero-order valence-corrected chi connectivity index (χ0v) is 14.5. The number of likely N-dealkylation sites (N-methyl/N-ethyl adjacent to an activating group) is 1. The lowest BCUT2D eigenvalue weighted by atomic mass is 9.91. The highest BCUT2D eigenvalue weighted by atomic mass is 32.1. The molecule has 2 aliphatic rings. The number of aryl methyl sites for hydroxylation is 1. The molecule has 4 nitrogen and oxygen atoms in total. The van der Waals surface area contributed by atoms with Crippen molar-refractivity contribution in [2.75, 3.05) is 33.2 Å². The lowest BCUT2D eigenvalue weighted by molar-refractivity contribution is -0.121. The van der Waals surface area contributed by atoms with Crippen LogP contribution in [0.25, 0.3) is 0 Å². The summed E-state index contributed by atoms with van der Waals surface area (Å²) in [5.74, 6) is -0.260. The van der Waals surface area contributed by atoms with E-state index in [9.17, 15) is 4.79 Å². The monoisotopic (exact) mass is 321 g/mol. The van der Waals surface area contributed by atoms with Crippen molar-refractivity contribution in [2.45, 2.75) is 38.6 Å². The van der Waals surface area contributed by atoms with Gasteiger partial charge < -0.3 is 10.6 Å². The minimum Gasteiger partial charge on any atom is -0.369 e. The lowest BCUT2D eigenvalue weighted by Crippen LogP contribution is -2.46. The van der Waals surface area contributed by atoms with Gasteiger partial charge in [0.05, 0.1) is 0 Å². The first-order valence-electron chi connectivity index (χ1n) is 8.38. The Kier molecular flexibility index (Phi) is 4.85. The highest BCUT2D eigenvalue weighted by molar-refractivity contribution is 7.12. The molecule has 1 aliphatic carbocycles. The van der Waals surface area contributed by atoms with Crippen LogP contribution in [-0.4, -0.2) is 48.9 Å². The number of primary amides is 1. The Bertz CT molecular complexity index is 534. The van der Waals surface area contributed by atoms with E-state index in [0.717, 1.165) is 6.42 Å². The summed E-state index contributed by atoms with van der Waals surface area (Å²) in [7, 11) is 2.21. The van der Waals surface area contributed by atoms with Crippen LogP contribution < -0.4 is 5.73 Å². The van der Waals surface area contributed by atoms with Gasteiger partial charge in [-0.05, 0) is 44.4 Å². The maximum atomic E-state index is 11.3. The van der Waals surface area contributed by atoms with E-state index in [4.69, 9.17) is 5.73 Å². The van der Waals surface area contributed by atoms with Gasteiger partial charge in [-0.1, -0.05) is 6.92 Å². The quantitative estimate of drug-likeness (QED) is 0.923. The first kappa shape index (κ1) is 16.0. The van der Waals surface area contributed by atoms with Gasteiger partial charge in [-0.2, -0.15) is 0 Å². The van der Waals surface area contributed by atoms with Crippen molar-refractivity contribution in [1.82, 2.24) is 9.80 Å². The van der Waals surface area contributed by atoms with Gasteiger partial charge in [-0.15, -0.1) is 11.3 Å². The third kappa shape index (κ3) is 3.36. The SMILES string of the molecule is CC(Cc1cc2c(s1)CCCC2N1CCN(C)CC1)C(N)=O. The number of piperazine rings is 1. The molecule has 2 N–H and O–H groups in total. The van der Waals surface area contributed by atoms with E-state index in [1.54, 1.807) is 4.88 Å². The van der Waals surface area contributed by atoms with Gasteiger partial charge in [0.1, 0.15) is 0 Å². The van der Waals surface area contributed by atoms with Crippen molar-refractivity contribution in [1.29, 1.82) is 0 Å². The van der Waals surface area contributed by atoms with Crippen molar-refractivity contribution < 1.29 is 4.79 Å². The smallest absolute Gasteiger partial charge is 0.220 e. The van der Waals surface area contributed by atoms with Gasteiger partial charge in [-0.25, -0.2) is 0 Å². The second-order valence-electron chi connectivity index (χ2n) is 6.85. The first-order chi connectivity index (χ1) is 10.5. The third-order valence-electron chi connectivity index (χ3n) is 5.10. The van der Waals surface area contributed by atoms with Crippen LogP contribution in [0.2, 0.25) is 0 Å². The standard InChI is InChI=1S/C17H27N3OS/c1-12(17(18)21)10-13-11-14-15(4-3-5-16(14)22-13)20-8-6-19(2)7-9-20/h11-12,15H,3-10H2,1-2H3,(H2,18,21). The molecule has 1 aliphatic heterocycles. The van der Waals surface area contributed by atoms with Gasteiger partial charge in [0.25, 0.3) is 0 Å². The number of hydrogen-bond donors (Lipinski definition) is 1. The van der Waals surface area contributed by atoms with Gasteiger partial charge >= 0.3 is 0 Å². The molecule has 2 heterocycles. The summed E-state index contributed by atoms with van der Waals surface area (Å²) in [5, 5.41) is 0. The summed E-state index contributed by atoms with van der Waals surface area (Å²) >= 11 is 1.90. The highest BCUT2D eigenvalue weighted by Crippen LogP contribution is 2.39. The molecule has 2 atom stereocenters. The average molecular weight is 321 g/mol. The Morgan fingerprint density at radius 2 is 2.14 bits per heavy atom. The molecular formula is C17H27N3OS. The minimum atomic E-state index is -0.193.